The van der Waals surface area contributed by atoms with E-state index in [1.165, 1.54) is 17.1 Å². The van der Waals surface area contributed by atoms with Crippen LogP contribution in [0.4, 0.5) is 0 Å². The summed E-state index contributed by atoms with van der Waals surface area (Å²) in [5.41, 5.74) is 5.29. The monoisotopic (exact) mass is 206 g/mol. The summed E-state index contributed by atoms with van der Waals surface area (Å²) in [7, 11) is -1.43. The lowest BCUT2D eigenvalue weighted by Gasteiger charge is -2.15. The van der Waals surface area contributed by atoms with Gasteiger partial charge in [0, 0.05) is 20.1 Å². The second-order valence-electron chi connectivity index (χ2n) is 3.66. The fourth-order valence-electron chi connectivity index (χ4n) is 1.20. The molecule has 0 saturated heterocycles. The summed E-state index contributed by atoms with van der Waals surface area (Å²) in [4.78, 5) is 0. The molecule has 0 atom stereocenters. The van der Waals surface area contributed by atoms with E-state index in [1.54, 1.807) is 7.05 Å². The Kier molecular flexibility index (Phi) is 3.70. The van der Waals surface area contributed by atoms with Gasteiger partial charge in [-0.15, -0.1) is 0 Å². The fourth-order valence-corrected chi connectivity index (χ4v) is 2.53. The lowest BCUT2D eigenvalue weighted by molar-refractivity contribution is 0.474. The molecule has 0 heterocycles. The van der Waals surface area contributed by atoms with Gasteiger partial charge in [-0.25, -0.2) is 12.7 Å². The van der Waals surface area contributed by atoms with Gasteiger partial charge in [0.05, 0.1) is 5.75 Å². The van der Waals surface area contributed by atoms with Gasteiger partial charge in [0.15, 0.2) is 0 Å². The van der Waals surface area contributed by atoms with E-state index in [-0.39, 0.29) is 5.75 Å². The van der Waals surface area contributed by atoms with E-state index >= 15 is 0 Å². The summed E-state index contributed by atoms with van der Waals surface area (Å²) in [5.74, 6) is 0.954. The molecule has 1 fully saturated rings. The van der Waals surface area contributed by atoms with Crippen LogP contribution >= 0.6 is 0 Å². The number of hydrogen-bond acceptors (Lipinski definition) is 3. The van der Waals surface area contributed by atoms with E-state index in [1.807, 2.05) is 0 Å². The number of rotatable bonds is 6. The maximum Gasteiger partial charge on any atom is 0.213 e. The molecule has 1 aliphatic carbocycles. The molecule has 78 valence electrons. The zero-order valence-electron chi connectivity index (χ0n) is 8.07. The molecule has 0 unspecified atom stereocenters. The number of hydrogen-bond donors (Lipinski definition) is 1. The van der Waals surface area contributed by atoms with Gasteiger partial charge in [-0.1, -0.05) is 12.8 Å². The molecule has 2 N–H and O–H groups in total. The molecule has 0 amide bonds. The van der Waals surface area contributed by atoms with Crippen LogP contribution in [0.15, 0.2) is 0 Å². The Bertz CT molecular complexity index is 247. The zero-order valence-corrected chi connectivity index (χ0v) is 8.89. The van der Waals surface area contributed by atoms with E-state index < -0.39 is 10.0 Å². The molecule has 0 aromatic carbocycles. The van der Waals surface area contributed by atoms with Crippen molar-refractivity contribution in [3.05, 3.63) is 0 Å². The standard InChI is InChI=1S/C8H18N2O2S/c1-10(6-5-9)13(11,12)7-4-8-2-3-8/h8H,2-7,9H2,1H3. The van der Waals surface area contributed by atoms with Crippen molar-refractivity contribution in [1.29, 1.82) is 0 Å². The van der Waals surface area contributed by atoms with Crippen LogP contribution in [0.5, 0.6) is 0 Å². The Balaban J connectivity index is 2.33. The highest BCUT2D eigenvalue weighted by molar-refractivity contribution is 7.89. The molecule has 0 radical (unpaired) electrons. The summed E-state index contributed by atoms with van der Waals surface area (Å²) in [6.07, 6.45) is 3.23. The first kappa shape index (κ1) is 10.9. The molecule has 0 aromatic rings. The summed E-state index contributed by atoms with van der Waals surface area (Å²) >= 11 is 0. The van der Waals surface area contributed by atoms with Gasteiger partial charge in [0.25, 0.3) is 0 Å². The molecule has 1 rings (SSSR count). The van der Waals surface area contributed by atoms with Crippen molar-refractivity contribution in [3.63, 3.8) is 0 Å². The Hall–Kier alpha value is -0.130. The molecule has 0 aliphatic heterocycles. The molecule has 4 nitrogen and oxygen atoms in total. The van der Waals surface area contributed by atoms with E-state index in [0.717, 1.165) is 6.42 Å². The van der Waals surface area contributed by atoms with E-state index in [2.05, 4.69) is 0 Å². The molecular formula is C8H18N2O2S. The number of likely N-dealkylation sites (N-methyl/N-ethyl adjacent to an activating group) is 1. The summed E-state index contributed by atoms with van der Waals surface area (Å²) in [6, 6.07) is 0. The van der Waals surface area contributed by atoms with Crippen LogP contribution in [0, 0.1) is 5.92 Å². The molecule has 1 saturated carbocycles. The van der Waals surface area contributed by atoms with Gasteiger partial charge >= 0.3 is 0 Å². The third-order valence-electron chi connectivity index (χ3n) is 2.40. The first-order valence-electron chi connectivity index (χ1n) is 4.70. The predicted octanol–water partition coefficient (Wildman–Crippen LogP) is 0.00680. The maximum atomic E-state index is 11.5. The Labute approximate surface area is 80.1 Å². The van der Waals surface area contributed by atoms with Crippen molar-refractivity contribution in [3.8, 4) is 0 Å². The minimum atomic E-state index is -3.02. The van der Waals surface area contributed by atoms with Crippen LogP contribution in [-0.4, -0.2) is 38.6 Å². The first-order valence-corrected chi connectivity index (χ1v) is 6.31. The van der Waals surface area contributed by atoms with Crippen LogP contribution in [0.1, 0.15) is 19.3 Å². The third kappa shape index (κ3) is 3.62. The van der Waals surface area contributed by atoms with E-state index in [0.29, 0.717) is 19.0 Å². The SMILES string of the molecule is CN(CCN)S(=O)(=O)CCC1CC1. The highest BCUT2D eigenvalue weighted by atomic mass is 32.2. The molecule has 0 spiro atoms. The van der Waals surface area contributed by atoms with Crippen molar-refractivity contribution >= 4 is 10.0 Å². The Morgan fingerprint density at radius 3 is 2.54 bits per heavy atom. The van der Waals surface area contributed by atoms with Crippen molar-refractivity contribution < 1.29 is 8.42 Å². The highest BCUT2D eigenvalue weighted by Crippen LogP contribution is 2.32. The Morgan fingerprint density at radius 2 is 2.08 bits per heavy atom. The smallest absolute Gasteiger partial charge is 0.213 e. The van der Waals surface area contributed by atoms with Crippen LogP contribution in [0.3, 0.4) is 0 Å². The Morgan fingerprint density at radius 1 is 1.46 bits per heavy atom. The van der Waals surface area contributed by atoms with Crippen LogP contribution in [-0.2, 0) is 10.0 Å². The molecule has 5 heteroatoms. The van der Waals surface area contributed by atoms with Gasteiger partial charge < -0.3 is 5.73 Å². The van der Waals surface area contributed by atoms with Crippen molar-refractivity contribution in [1.82, 2.24) is 4.31 Å². The van der Waals surface area contributed by atoms with Crippen LogP contribution < -0.4 is 5.73 Å². The van der Waals surface area contributed by atoms with Gasteiger partial charge in [-0.3, -0.25) is 0 Å². The van der Waals surface area contributed by atoms with Crippen molar-refractivity contribution in [2.24, 2.45) is 11.7 Å². The van der Waals surface area contributed by atoms with Gasteiger partial charge in [-0.2, -0.15) is 0 Å². The zero-order chi connectivity index (χ0) is 9.90. The van der Waals surface area contributed by atoms with Crippen molar-refractivity contribution in [2.75, 3.05) is 25.9 Å². The minimum absolute atomic E-state index is 0.286. The largest absolute Gasteiger partial charge is 0.329 e. The number of sulfonamides is 1. The normalized spacial score (nSPS) is 18.1. The topological polar surface area (TPSA) is 63.4 Å². The number of nitrogens with two attached hydrogens (primary N) is 1. The van der Waals surface area contributed by atoms with Gasteiger partial charge in [0.2, 0.25) is 10.0 Å². The average molecular weight is 206 g/mol. The molecule has 0 bridgehead atoms. The summed E-state index contributed by atoms with van der Waals surface area (Å²) in [5, 5.41) is 0. The third-order valence-corrected chi connectivity index (χ3v) is 4.28. The summed E-state index contributed by atoms with van der Waals surface area (Å²) in [6.45, 7) is 0.812. The van der Waals surface area contributed by atoms with Gasteiger partial charge in [0.1, 0.15) is 0 Å². The lowest BCUT2D eigenvalue weighted by atomic mass is 10.3. The predicted molar refractivity (Wildman–Crippen MR) is 52.8 cm³/mol. The molecule has 0 aromatic heterocycles. The second-order valence-corrected chi connectivity index (χ2v) is 5.85. The second kappa shape index (κ2) is 4.39. The average Bonchev–Trinajstić information content (AvgIpc) is 2.84. The van der Waals surface area contributed by atoms with E-state index in [9.17, 15) is 8.42 Å². The quantitative estimate of drug-likeness (QED) is 0.665. The minimum Gasteiger partial charge on any atom is -0.329 e. The lowest BCUT2D eigenvalue weighted by Crippen LogP contribution is -2.33. The first-order chi connectivity index (χ1) is 6.06. The maximum absolute atomic E-state index is 11.5. The van der Waals surface area contributed by atoms with E-state index in [4.69, 9.17) is 5.73 Å². The fraction of sp³-hybridized carbons (Fsp3) is 1.00. The van der Waals surface area contributed by atoms with Crippen LogP contribution in [0.2, 0.25) is 0 Å². The highest BCUT2D eigenvalue weighted by Gasteiger charge is 2.25. The summed E-state index contributed by atoms with van der Waals surface area (Å²) < 4.78 is 24.4. The number of nitrogens with zero attached hydrogens (tertiary/aromatic N) is 1. The van der Waals surface area contributed by atoms with Gasteiger partial charge in [-0.05, 0) is 12.3 Å². The molecular weight excluding hydrogens is 188 g/mol. The molecule has 1 aliphatic rings. The molecule has 13 heavy (non-hydrogen) atoms. The van der Waals surface area contributed by atoms with Crippen LogP contribution in [0.25, 0.3) is 0 Å². The van der Waals surface area contributed by atoms with Crippen molar-refractivity contribution in [2.45, 2.75) is 19.3 Å².